The number of hydrogen-bond donors (Lipinski definition) is 3. The van der Waals surface area contributed by atoms with Gasteiger partial charge in [0.05, 0.1) is 17.8 Å². The lowest BCUT2D eigenvalue weighted by Crippen LogP contribution is -2.39. The van der Waals surface area contributed by atoms with Crippen LogP contribution >= 0.6 is 0 Å². The first-order valence-corrected chi connectivity index (χ1v) is 6.66. The summed E-state index contributed by atoms with van der Waals surface area (Å²) >= 11 is 0. The minimum Gasteiger partial charge on any atom is -0.481 e. The van der Waals surface area contributed by atoms with Crippen LogP contribution in [0.3, 0.4) is 0 Å². The largest absolute Gasteiger partial charge is 0.481 e. The lowest BCUT2D eigenvalue weighted by atomic mass is 10.1. The fraction of sp³-hybridized carbons (Fsp3) is 0.500. The number of hydrogen-bond acceptors (Lipinski definition) is 3. The van der Waals surface area contributed by atoms with Crippen molar-refractivity contribution in [3.63, 3.8) is 0 Å². The van der Waals surface area contributed by atoms with Crippen LogP contribution in [0, 0.1) is 13.8 Å². The van der Waals surface area contributed by atoms with Crippen molar-refractivity contribution in [2.75, 3.05) is 5.32 Å². The van der Waals surface area contributed by atoms with Crippen LogP contribution in [0.4, 0.5) is 10.5 Å². The Bertz CT molecular complexity index is 489. The number of aromatic nitrogens is 1. The Labute approximate surface area is 118 Å². The number of anilines is 1. The Morgan fingerprint density at radius 1 is 1.35 bits per heavy atom. The maximum atomic E-state index is 11.9. The molecule has 1 aromatic rings. The Kier molecular flexibility index (Phi) is 5.96. The lowest BCUT2D eigenvalue weighted by molar-refractivity contribution is -0.137. The first kappa shape index (κ1) is 15.9. The quantitative estimate of drug-likeness (QED) is 0.746. The van der Waals surface area contributed by atoms with Crippen LogP contribution in [0.5, 0.6) is 0 Å². The number of urea groups is 1. The van der Waals surface area contributed by atoms with Gasteiger partial charge in [0, 0.05) is 11.7 Å². The first-order valence-electron chi connectivity index (χ1n) is 6.66. The van der Waals surface area contributed by atoms with Crippen molar-refractivity contribution in [3.05, 3.63) is 23.5 Å². The van der Waals surface area contributed by atoms with E-state index in [1.807, 2.05) is 26.8 Å². The molecule has 0 aliphatic rings. The molecule has 2 amide bonds. The van der Waals surface area contributed by atoms with Gasteiger partial charge in [-0.25, -0.2) is 4.79 Å². The number of carbonyl (C=O) groups excluding carboxylic acids is 1. The van der Waals surface area contributed by atoms with Gasteiger partial charge in [0.1, 0.15) is 0 Å². The van der Waals surface area contributed by atoms with Gasteiger partial charge in [0.25, 0.3) is 0 Å². The zero-order valence-electron chi connectivity index (χ0n) is 12.1. The third-order valence-electron chi connectivity index (χ3n) is 2.87. The predicted octanol–water partition coefficient (Wildman–Crippen LogP) is 2.46. The Morgan fingerprint density at radius 2 is 2.05 bits per heavy atom. The highest BCUT2D eigenvalue weighted by Gasteiger charge is 2.15. The maximum absolute atomic E-state index is 11.9. The molecule has 0 aliphatic carbocycles. The molecule has 0 fully saturated rings. The fourth-order valence-electron chi connectivity index (χ4n) is 1.95. The molecule has 20 heavy (non-hydrogen) atoms. The van der Waals surface area contributed by atoms with Crippen molar-refractivity contribution < 1.29 is 14.7 Å². The summed E-state index contributed by atoms with van der Waals surface area (Å²) in [6.07, 6.45) is 1.36. The van der Waals surface area contributed by atoms with Crippen molar-refractivity contribution in [1.82, 2.24) is 10.3 Å². The average Bonchev–Trinajstić information content (AvgIpc) is 2.32. The van der Waals surface area contributed by atoms with E-state index in [1.165, 1.54) is 0 Å². The number of pyridine rings is 1. The molecule has 1 unspecified atom stereocenters. The molecule has 110 valence electrons. The molecular weight excluding hydrogens is 258 g/mol. The van der Waals surface area contributed by atoms with Crippen LogP contribution in [-0.4, -0.2) is 28.1 Å². The number of carboxylic acid groups (broad SMARTS) is 1. The second kappa shape index (κ2) is 7.47. The molecule has 6 heteroatoms. The molecule has 0 saturated carbocycles. The smallest absolute Gasteiger partial charge is 0.319 e. The Morgan fingerprint density at radius 3 is 2.60 bits per heavy atom. The second-order valence-corrected chi connectivity index (χ2v) is 4.77. The van der Waals surface area contributed by atoms with Gasteiger partial charge >= 0.3 is 12.0 Å². The normalized spacial score (nSPS) is 11.8. The predicted molar refractivity (Wildman–Crippen MR) is 76.8 cm³/mol. The summed E-state index contributed by atoms with van der Waals surface area (Å²) in [4.78, 5) is 26.9. The SMILES string of the molecule is CCCC(CC(=O)O)NC(=O)Nc1ccc(C)nc1C. The zero-order valence-corrected chi connectivity index (χ0v) is 12.1. The van der Waals surface area contributed by atoms with Crippen molar-refractivity contribution in [2.24, 2.45) is 0 Å². The monoisotopic (exact) mass is 279 g/mol. The minimum absolute atomic E-state index is 0.0770. The summed E-state index contributed by atoms with van der Waals surface area (Å²) in [6, 6.07) is 2.82. The molecule has 0 saturated heterocycles. The van der Waals surface area contributed by atoms with Gasteiger partial charge < -0.3 is 15.7 Å². The molecule has 1 aromatic heterocycles. The number of carbonyl (C=O) groups is 2. The third kappa shape index (κ3) is 5.26. The van der Waals surface area contributed by atoms with Crippen molar-refractivity contribution in [2.45, 2.75) is 46.1 Å². The molecule has 1 heterocycles. The Hall–Kier alpha value is -2.11. The summed E-state index contributed by atoms with van der Waals surface area (Å²) in [5.74, 6) is -0.920. The average molecular weight is 279 g/mol. The molecular formula is C14H21N3O3. The molecule has 0 bridgehead atoms. The van der Waals surface area contributed by atoms with Gasteiger partial charge in [-0.15, -0.1) is 0 Å². The van der Waals surface area contributed by atoms with E-state index in [4.69, 9.17) is 5.11 Å². The number of aliphatic carboxylic acids is 1. The van der Waals surface area contributed by atoms with E-state index in [1.54, 1.807) is 6.07 Å². The molecule has 6 nitrogen and oxygen atoms in total. The van der Waals surface area contributed by atoms with Crippen LogP contribution in [0.2, 0.25) is 0 Å². The van der Waals surface area contributed by atoms with E-state index < -0.39 is 12.0 Å². The first-order chi connectivity index (χ1) is 9.42. The van der Waals surface area contributed by atoms with Crippen LogP contribution in [0.15, 0.2) is 12.1 Å². The maximum Gasteiger partial charge on any atom is 0.319 e. The number of carboxylic acids is 1. The minimum atomic E-state index is -0.920. The van der Waals surface area contributed by atoms with Crippen molar-refractivity contribution in [3.8, 4) is 0 Å². The zero-order chi connectivity index (χ0) is 15.1. The van der Waals surface area contributed by atoms with Gasteiger partial charge in [-0.1, -0.05) is 13.3 Å². The molecule has 0 aromatic carbocycles. The van der Waals surface area contributed by atoms with Crippen LogP contribution in [-0.2, 0) is 4.79 Å². The van der Waals surface area contributed by atoms with E-state index >= 15 is 0 Å². The highest BCUT2D eigenvalue weighted by molar-refractivity contribution is 5.90. The van der Waals surface area contributed by atoms with Gasteiger partial charge in [0.2, 0.25) is 0 Å². The number of rotatable bonds is 6. The molecule has 3 N–H and O–H groups in total. The van der Waals surface area contributed by atoms with Crippen molar-refractivity contribution in [1.29, 1.82) is 0 Å². The standard InChI is InChI=1S/C14H21N3O3/c1-4-5-11(8-13(18)19)16-14(20)17-12-7-6-9(2)15-10(12)3/h6-7,11H,4-5,8H2,1-3H3,(H,18,19)(H2,16,17,20). The topological polar surface area (TPSA) is 91.3 Å². The van der Waals surface area contributed by atoms with E-state index in [2.05, 4.69) is 15.6 Å². The molecule has 1 atom stereocenters. The number of amides is 2. The number of aryl methyl sites for hydroxylation is 2. The Balaban J connectivity index is 2.62. The fourth-order valence-corrected chi connectivity index (χ4v) is 1.95. The van der Waals surface area contributed by atoms with E-state index in [9.17, 15) is 9.59 Å². The number of nitrogens with zero attached hydrogens (tertiary/aromatic N) is 1. The molecule has 0 aliphatic heterocycles. The molecule has 1 rings (SSSR count). The van der Waals surface area contributed by atoms with Crippen LogP contribution in [0.25, 0.3) is 0 Å². The van der Waals surface area contributed by atoms with E-state index in [0.717, 1.165) is 17.8 Å². The lowest BCUT2D eigenvalue weighted by Gasteiger charge is -2.17. The molecule has 0 radical (unpaired) electrons. The van der Waals surface area contributed by atoms with Gasteiger partial charge in [-0.2, -0.15) is 0 Å². The molecule has 0 spiro atoms. The summed E-state index contributed by atoms with van der Waals surface area (Å²) in [5, 5.41) is 14.2. The van der Waals surface area contributed by atoms with Crippen LogP contribution in [0.1, 0.15) is 37.6 Å². The van der Waals surface area contributed by atoms with Gasteiger partial charge in [-0.05, 0) is 32.4 Å². The van der Waals surface area contributed by atoms with E-state index in [0.29, 0.717) is 12.1 Å². The third-order valence-corrected chi connectivity index (χ3v) is 2.87. The summed E-state index contributed by atoms with van der Waals surface area (Å²) in [7, 11) is 0. The van der Waals surface area contributed by atoms with Gasteiger partial charge in [0.15, 0.2) is 0 Å². The van der Waals surface area contributed by atoms with Gasteiger partial charge in [-0.3, -0.25) is 9.78 Å². The van der Waals surface area contributed by atoms with E-state index in [-0.39, 0.29) is 12.5 Å². The number of nitrogens with one attached hydrogen (secondary N) is 2. The summed E-state index contributed by atoms with van der Waals surface area (Å²) in [5.41, 5.74) is 2.23. The van der Waals surface area contributed by atoms with Crippen molar-refractivity contribution >= 4 is 17.7 Å². The highest BCUT2D eigenvalue weighted by atomic mass is 16.4. The second-order valence-electron chi connectivity index (χ2n) is 4.77. The van der Waals surface area contributed by atoms with Crippen LogP contribution < -0.4 is 10.6 Å². The summed E-state index contributed by atoms with van der Waals surface area (Å²) < 4.78 is 0. The summed E-state index contributed by atoms with van der Waals surface area (Å²) in [6.45, 7) is 5.63. The highest BCUT2D eigenvalue weighted by Crippen LogP contribution is 2.12.